The molecule has 1 atom stereocenters. The van der Waals surface area contributed by atoms with Crippen molar-refractivity contribution < 1.29 is 28.6 Å². The molecule has 0 bridgehead atoms. The van der Waals surface area contributed by atoms with Crippen LogP contribution in [0, 0.1) is 25.6 Å². The number of aryl methyl sites for hydroxylation is 2. The maximum atomic E-state index is 14.7. The van der Waals surface area contributed by atoms with E-state index < -0.39 is 11.9 Å². The van der Waals surface area contributed by atoms with Gasteiger partial charge in [0.05, 0.1) is 24.8 Å². The SMILES string of the molecule is COc1cc(-c2nc(C)nc3c(C(=O)NC4CCN(C(=O)[C@H](C)O)CC4)c(C)[nH]c23)c(OCC2CC2)cc1F. The molecule has 3 aromatic rings. The molecule has 10 nitrogen and oxygen atoms in total. The highest BCUT2D eigenvalue weighted by Gasteiger charge is 2.29. The number of aliphatic hydroxyl groups is 1. The second-order valence-electron chi connectivity index (χ2n) is 10.5. The molecule has 11 heteroatoms. The number of carbonyl (C=O) groups excluding carboxylic acids is 2. The first-order valence-corrected chi connectivity index (χ1v) is 13.3. The number of aromatic nitrogens is 3. The number of methoxy groups -OCH3 is 1. The van der Waals surface area contributed by atoms with Crippen LogP contribution in [0.15, 0.2) is 12.1 Å². The summed E-state index contributed by atoms with van der Waals surface area (Å²) in [5.74, 6) is 0.237. The molecule has 2 amide bonds. The van der Waals surface area contributed by atoms with Crippen LogP contribution >= 0.6 is 0 Å². The van der Waals surface area contributed by atoms with E-state index in [0.717, 1.165) is 12.8 Å². The van der Waals surface area contributed by atoms with E-state index in [1.165, 1.54) is 20.1 Å². The lowest BCUT2D eigenvalue weighted by Crippen LogP contribution is -2.48. The Hall–Kier alpha value is -3.73. The zero-order valence-corrected chi connectivity index (χ0v) is 22.6. The van der Waals surface area contributed by atoms with Crippen LogP contribution in [0.25, 0.3) is 22.3 Å². The van der Waals surface area contributed by atoms with Crippen molar-refractivity contribution in [1.29, 1.82) is 0 Å². The summed E-state index contributed by atoms with van der Waals surface area (Å²) in [5, 5.41) is 12.7. The highest BCUT2D eigenvalue weighted by Crippen LogP contribution is 2.40. The molecule has 0 spiro atoms. The number of piperidine rings is 1. The smallest absolute Gasteiger partial charge is 0.255 e. The van der Waals surface area contributed by atoms with Gasteiger partial charge in [-0.2, -0.15) is 0 Å². The average molecular weight is 540 g/mol. The van der Waals surface area contributed by atoms with Gasteiger partial charge in [-0.15, -0.1) is 0 Å². The van der Waals surface area contributed by atoms with Crippen molar-refractivity contribution in [3.63, 3.8) is 0 Å². The second kappa shape index (κ2) is 10.8. The number of rotatable bonds is 8. The van der Waals surface area contributed by atoms with Crippen LogP contribution < -0.4 is 14.8 Å². The number of nitrogens with one attached hydrogen (secondary N) is 2. The normalized spacial score (nSPS) is 16.8. The largest absolute Gasteiger partial charge is 0.494 e. The highest BCUT2D eigenvalue weighted by molar-refractivity contribution is 6.09. The average Bonchev–Trinajstić information content (AvgIpc) is 3.67. The number of hydrogen-bond acceptors (Lipinski definition) is 7. The van der Waals surface area contributed by atoms with Crippen LogP contribution in [0.4, 0.5) is 4.39 Å². The predicted octanol–water partition coefficient (Wildman–Crippen LogP) is 3.28. The zero-order chi connectivity index (χ0) is 27.8. The quantitative estimate of drug-likeness (QED) is 0.401. The van der Waals surface area contributed by atoms with Gasteiger partial charge < -0.3 is 29.8 Å². The van der Waals surface area contributed by atoms with Crippen molar-refractivity contribution in [2.75, 3.05) is 26.8 Å². The lowest BCUT2D eigenvalue weighted by Gasteiger charge is -2.33. The summed E-state index contributed by atoms with van der Waals surface area (Å²) in [7, 11) is 1.40. The Morgan fingerprint density at radius 2 is 1.90 bits per heavy atom. The minimum atomic E-state index is -1.04. The molecule has 0 radical (unpaired) electrons. The first kappa shape index (κ1) is 26.9. The molecule has 1 saturated carbocycles. The number of carbonyl (C=O) groups is 2. The Kier molecular flexibility index (Phi) is 7.44. The number of aliphatic hydroxyl groups excluding tert-OH is 1. The Balaban J connectivity index is 1.46. The molecular formula is C28H34FN5O5. The molecule has 0 unspecified atom stereocenters. The third-order valence-electron chi connectivity index (χ3n) is 7.35. The molecule has 1 aromatic carbocycles. The zero-order valence-electron chi connectivity index (χ0n) is 22.6. The standard InChI is InChI=1S/C28H34FN5O5/c1-14-23(27(36)33-18-7-9-34(10-8-18)28(37)15(2)35)25-26(30-14)24(31-16(3)32-25)19-11-22(38-4)20(29)12-21(19)39-13-17-5-6-17/h11-12,15,17-18,30,35H,5-10,13H2,1-4H3,(H,33,36)/t15-/m0/s1. The fourth-order valence-electron chi connectivity index (χ4n) is 5.03. The fourth-order valence-corrected chi connectivity index (χ4v) is 5.03. The number of hydrogen-bond donors (Lipinski definition) is 3. The second-order valence-corrected chi connectivity index (χ2v) is 10.5. The van der Waals surface area contributed by atoms with E-state index in [9.17, 15) is 19.1 Å². The van der Waals surface area contributed by atoms with Gasteiger partial charge >= 0.3 is 0 Å². The van der Waals surface area contributed by atoms with E-state index in [2.05, 4.69) is 20.3 Å². The summed E-state index contributed by atoms with van der Waals surface area (Å²) in [6, 6.07) is 2.76. The number of nitrogens with zero attached hydrogens (tertiary/aromatic N) is 3. The molecule has 1 aliphatic carbocycles. The number of likely N-dealkylation sites (tertiary alicyclic amines) is 1. The molecule has 3 N–H and O–H groups in total. The summed E-state index contributed by atoms with van der Waals surface area (Å²) in [6.45, 7) is 6.41. The number of fused-ring (bicyclic) bond motifs is 1. The van der Waals surface area contributed by atoms with Gasteiger partial charge in [-0.1, -0.05) is 0 Å². The summed E-state index contributed by atoms with van der Waals surface area (Å²) in [4.78, 5) is 39.7. The van der Waals surface area contributed by atoms with Crippen molar-refractivity contribution in [2.45, 2.75) is 58.6 Å². The molecular weight excluding hydrogens is 505 g/mol. The number of aromatic amines is 1. The van der Waals surface area contributed by atoms with Crippen molar-refractivity contribution in [2.24, 2.45) is 5.92 Å². The molecule has 208 valence electrons. The molecule has 1 saturated heterocycles. The Bertz CT molecular complexity index is 1410. The Morgan fingerprint density at radius 1 is 1.18 bits per heavy atom. The molecule has 1 aliphatic heterocycles. The monoisotopic (exact) mass is 539 g/mol. The van der Waals surface area contributed by atoms with Gasteiger partial charge in [0.25, 0.3) is 11.8 Å². The Labute approximate surface area is 225 Å². The van der Waals surface area contributed by atoms with E-state index in [0.29, 0.717) is 83.6 Å². The van der Waals surface area contributed by atoms with Crippen LogP contribution in [0.2, 0.25) is 0 Å². The first-order chi connectivity index (χ1) is 18.7. The minimum absolute atomic E-state index is 0.0647. The van der Waals surface area contributed by atoms with Gasteiger partial charge in [-0.25, -0.2) is 14.4 Å². The van der Waals surface area contributed by atoms with E-state index in [1.54, 1.807) is 24.8 Å². The molecule has 3 heterocycles. The number of ether oxygens (including phenoxy) is 2. The van der Waals surface area contributed by atoms with Gasteiger partial charge in [0.15, 0.2) is 11.6 Å². The van der Waals surface area contributed by atoms with Gasteiger partial charge in [0.1, 0.15) is 28.9 Å². The van der Waals surface area contributed by atoms with E-state index in [4.69, 9.17) is 9.47 Å². The van der Waals surface area contributed by atoms with Crippen LogP contribution in [0.1, 0.15) is 54.5 Å². The number of halogens is 1. The van der Waals surface area contributed by atoms with Crippen LogP contribution in [0.3, 0.4) is 0 Å². The van der Waals surface area contributed by atoms with E-state index in [-0.39, 0.29) is 23.6 Å². The molecule has 2 fully saturated rings. The van der Waals surface area contributed by atoms with Crippen LogP contribution in [-0.2, 0) is 4.79 Å². The van der Waals surface area contributed by atoms with Crippen molar-refractivity contribution in [3.05, 3.63) is 35.0 Å². The van der Waals surface area contributed by atoms with Crippen molar-refractivity contribution >= 4 is 22.8 Å². The van der Waals surface area contributed by atoms with Crippen LogP contribution in [0.5, 0.6) is 11.5 Å². The molecule has 5 rings (SSSR count). The lowest BCUT2D eigenvalue weighted by molar-refractivity contribution is -0.140. The summed E-state index contributed by atoms with van der Waals surface area (Å²) >= 11 is 0. The highest BCUT2D eigenvalue weighted by atomic mass is 19.1. The third kappa shape index (κ3) is 5.54. The van der Waals surface area contributed by atoms with E-state index >= 15 is 0 Å². The van der Waals surface area contributed by atoms with Crippen molar-refractivity contribution in [1.82, 2.24) is 25.2 Å². The number of amides is 2. The maximum absolute atomic E-state index is 14.7. The lowest BCUT2D eigenvalue weighted by atomic mass is 10.0. The summed E-state index contributed by atoms with van der Waals surface area (Å²) in [6.07, 6.45) is 2.32. The van der Waals surface area contributed by atoms with Gasteiger partial charge in [0, 0.05) is 36.5 Å². The summed E-state index contributed by atoms with van der Waals surface area (Å²) in [5.41, 5.74) is 3.09. The molecule has 2 aliphatic rings. The topological polar surface area (TPSA) is 130 Å². The van der Waals surface area contributed by atoms with Gasteiger partial charge in [0.2, 0.25) is 0 Å². The molecule has 39 heavy (non-hydrogen) atoms. The van der Waals surface area contributed by atoms with Gasteiger partial charge in [-0.3, -0.25) is 9.59 Å². The summed E-state index contributed by atoms with van der Waals surface area (Å²) < 4.78 is 25.9. The first-order valence-electron chi connectivity index (χ1n) is 13.3. The third-order valence-corrected chi connectivity index (χ3v) is 7.35. The number of H-pyrrole nitrogens is 1. The Morgan fingerprint density at radius 3 is 2.54 bits per heavy atom. The predicted molar refractivity (Wildman–Crippen MR) is 142 cm³/mol. The number of benzene rings is 1. The minimum Gasteiger partial charge on any atom is -0.494 e. The van der Waals surface area contributed by atoms with Gasteiger partial charge in [-0.05, 0) is 58.4 Å². The maximum Gasteiger partial charge on any atom is 0.255 e. The van der Waals surface area contributed by atoms with E-state index in [1.807, 2.05) is 0 Å². The fraction of sp³-hybridized carbons (Fsp3) is 0.500. The van der Waals surface area contributed by atoms with Crippen molar-refractivity contribution in [3.8, 4) is 22.8 Å². The molecule has 2 aromatic heterocycles. The van der Waals surface area contributed by atoms with Crippen LogP contribution in [-0.4, -0.2) is 75.7 Å².